The largest absolute Gasteiger partial charge is 0.455 e. The fourth-order valence-corrected chi connectivity index (χ4v) is 3.48. The third-order valence-corrected chi connectivity index (χ3v) is 4.89. The molecule has 1 saturated carbocycles. The van der Waals surface area contributed by atoms with Crippen molar-refractivity contribution in [1.29, 1.82) is 0 Å². The van der Waals surface area contributed by atoms with E-state index in [1.165, 1.54) is 18.3 Å². The molecule has 1 aliphatic carbocycles. The lowest BCUT2D eigenvalue weighted by atomic mass is 9.79. The van der Waals surface area contributed by atoms with Crippen molar-refractivity contribution in [3.05, 3.63) is 59.1 Å². The van der Waals surface area contributed by atoms with Crippen molar-refractivity contribution >= 4 is 29.2 Å². The molecule has 1 N–H and O–H groups in total. The van der Waals surface area contributed by atoms with E-state index in [2.05, 4.69) is 10.3 Å². The van der Waals surface area contributed by atoms with E-state index in [-0.39, 0.29) is 5.15 Å². The van der Waals surface area contributed by atoms with Gasteiger partial charge >= 0.3 is 5.97 Å². The van der Waals surface area contributed by atoms with Crippen LogP contribution in [0.1, 0.15) is 31.2 Å². The van der Waals surface area contributed by atoms with Gasteiger partial charge in [-0.1, -0.05) is 36.6 Å². The molecule has 136 valence electrons. The van der Waals surface area contributed by atoms with Crippen LogP contribution in [-0.2, 0) is 19.7 Å². The Bertz CT molecular complexity index is 822. The van der Waals surface area contributed by atoms with E-state index in [0.717, 1.165) is 12.8 Å². The van der Waals surface area contributed by atoms with Crippen LogP contribution in [-0.4, -0.2) is 23.5 Å². The lowest BCUT2D eigenvalue weighted by molar-refractivity contribution is -0.153. The summed E-state index contributed by atoms with van der Waals surface area (Å²) < 4.78 is 18.9. The number of nitrogens with one attached hydrogen (secondary N) is 1. The molecule has 1 aromatic carbocycles. The minimum Gasteiger partial charge on any atom is -0.455 e. The van der Waals surface area contributed by atoms with Crippen molar-refractivity contribution in [3.63, 3.8) is 0 Å². The summed E-state index contributed by atoms with van der Waals surface area (Å²) in [5, 5.41) is 2.70. The normalized spacial score (nSPS) is 15.5. The van der Waals surface area contributed by atoms with Gasteiger partial charge in [-0.3, -0.25) is 9.59 Å². The first kappa shape index (κ1) is 18.3. The third kappa shape index (κ3) is 3.85. The molecule has 1 aromatic heterocycles. The number of rotatable bonds is 5. The van der Waals surface area contributed by atoms with Crippen LogP contribution in [0.25, 0.3) is 0 Å². The van der Waals surface area contributed by atoms with Crippen molar-refractivity contribution in [2.75, 3.05) is 11.9 Å². The number of carbonyl (C=O) groups is 2. The van der Waals surface area contributed by atoms with Crippen molar-refractivity contribution < 1.29 is 18.7 Å². The van der Waals surface area contributed by atoms with Crippen LogP contribution >= 0.6 is 11.6 Å². The number of carbonyl (C=O) groups excluding carboxylic acids is 2. The number of aromatic nitrogens is 1. The molecule has 0 bridgehead atoms. The Labute approximate surface area is 155 Å². The lowest BCUT2D eigenvalue weighted by Gasteiger charge is -2.27. The van der Waals surface area contributed by atoms with Gasteiger partial charge in [0.1, 0.15) is 5.82 Å². The zero-order chi connectivity index (χ0) is 18.6. The molecule has 1 heterocycles. The first-order chi connectivity index (χ1) is 12.5. The number of benzene rings is 1. The number of halogens is 2. The molecule has 26 heavy (non-hydrogen) atoms. The molecule has 0 atom stereocenters. The molecular formula is C19H18ClFN2O3. The second-order valence-electron chi connectivity index (χ2n) is 6.27. The van der Waals surface area contributed by atoms with Crippen LogP contribution < -0.4 is 5.32 Å². The molecule has 1 aliphatic rings. The number of nitrogens with zero attached hydrogens (tertiary/aromatic N) is 1. The predicted molar refractivity (Wildman–Crippen MR) is 95.4 cm³/mol. The Morgan fingerprint density at radius 1 is 1.23 bits per heavy atom. The van der Waals surface area contributed by atoms with Crippen LogP contribution in [0.5, 0.6) is 0 Å². The van der Waals surface area contributed by atoms with Gasteiger partial charge in [-0.05, 0) is 42.7 Å². The van der Waals surface area contributed by atoms with Gasteiger partial charge in [-0.25, -0.2) is 9.37 Å². The second kappa shape index (κ2) is 7.83. The average molecular weight is 377 g/mol. The highest BCUT2D eigenvalue weighted by Gasteiger charge is 2.44. The highest BCUT2D eigenvalue weighted by Crippen LogP contribution is 2.42. The smallest absolute Gasteiger partial charge is 0.317 e. The standard InChI is InChI=1S/C19H18ClFN2O3/c20-17-15(7-4-10-22-17)23-16(24)12-26-18(25)19(8-1-2-9-19)13-5-3-6-14(21)11-13/h3-7,10-11H,1-2,8-9,12H2,(H,23,24). The van der Waals surface area contributed by atoms with Gasteiger partial charge in [-0.2, -0.15) is 0 Å². The molecule has 0 aliphatic heterocycles. The number of hydrogen-bond acceptors (Lipinski definition) is 4. The summed E-state index contributed by atoms with van der Waals surface area (Å²) >= 11 is 5.88. The Morgan fingerprint density at radius 3 is 2.69 bits per heavy atom. The SMILES string of the molecule is O=C(COC(=O)C1(c2cccc(F)c2)CCCC1)Nc1cccnc1Cl. The highest BCUT2D eigenvalue weighted by atomic mass is 35.5. The van der Waals surface area contributed by atoms with Crippen molar-refractivity contribution in [2.45, 2.75) is 31.1 Å². The Hall–Kier alpha value is -2.47. The van der Waals surface area contributed by atoms with E-state index in [1.54, 1.807) is 24.3 Å². The third-order valence-electron chi connectivity index (χ3n) is 4.59. The molecule has 2 aromatic rings. The van der Waals surface area contributed by atoms with Gasteiger partial charge in [-0.15, -0.1) is 0 Å². The van der Waals surface area contributed by atoms with Crippen LogP contribution in [0.2, 0.25) is 5.15 Å². The summed E-state index contributed by atoms with van der Waals surface area (Å²) in [6, 6.07) is 9.23. The van der Waals surface area contributed by atoms with E-state index in [9.17, 15) is 14.0 Å². The molecule has 0 unspecified atom stereocenters. The monoisotopic (exact) mass is 376 g/mol. The Balaban J connectivity index is 1.67. The van der Waals surface area contributed by atoms with Crippen LogP contribution in [0.3, 0.4) is 0 Å². The summed E-state index contributed by atoms with van der Waals surface area (Å²) in [5.74, 6) is -1.42. The zero-order valence-electron chi connectivity index (χ0n) is 14.0. The van der Waals surface area contributed by atoms with E-state index in [4.69, 9.17) is 16.3 Å². The van der Waals surface area contributed by atoms with Crippen molar-refractivity contribution in [3.8, 4) is 0 Å². The fraction of sp³-hybridized carbons (Fsp3) is 0.316. The second-order valence-corrected chi connectivity index (χ2v) is 6.62. The Kier molecular flexibility index (Phi) is 5.52. The number of esters is 1. The van der Waals surface area contributed by atoms with E-state index >= 15 is 0 Å². The van der Waals surface area contributed by atoms with Crippen molar-refractivity contribution in [1.82, 2.24) is 4.98 Å². The van der Waals surface area contributed by atoms with Gasteiger partial charge in [0, 0.05) is 6.20 Å². The van der Waals surface area contributed by atoms with Gasteiger partial charge in [0.15, 0.2) is 11.8 Å². The summed E-state index contributed by atoms with van der Waals surface area (Å²) in [7, 11) is 0. The first-order valence-corrected chi connectivity index (χ1v) is 8.73. The van der Waals surface area contributed by atoms with Gasteiger partial charge in [0.2, 0.25) is 0 Å². The maximum atomic E-state index is 13.6. The van der Waals surface area contributed by atoms with E-state index < -0.39 is 29.7 Å². The minimum absolute atomic E-state index is 0.152. The molecular weight excluding hydrogens is 359 g/mol. The molecule has 0 radical (unpaired) electrons. The molecule has 1 fully saturated rings. The summed E-state index contributed by atoms with van der Waals surface area (Å²) in [4.78, 5) is 28.6. The van der Waals surface area contributed by atoms with Gasteiger partial charge in [0.25, 0.3) is 5.91 Å². The summed E-state index contributed by atoms with van der Waals surface area (Å²) in [5.41, 5.74) is 0.0422. The number of anilines is 1. The number of ether oxygens (including phenoxy) is 1. The number of pyridine rings is 1. The minimum atomic E-state index is -0.895. The molecule has 0 saturated heterocycles. The summed E-state index contributed by atoms with van der Waals surface area (Å²) in [6.45, 7) is -0.443. The van der Waals surface area contributed by atoms with E-state index in [0.29, 0.717) is 24.1 Å². The zero-order valence-corrected chi connectivity index (χ0v) is 14.8. The van der Waals surface area contributed by atoms with Gasteiger partial charge in [0.05, 0.1) is 11.1 Å². The van der Waals surface area contributed by atoms with Crippen molar-refractivity contribution in [2.24, 2.45) is 0 Å². The van der Waals surface area contributed by atoms with Crippen LogP contribution in [0, 0.1) is 5.82 Å². The summed E-state index contributed by atoms with van der Waals surface area (Å²) in [6.07, 6.45) is 4.35. The predicted octanol–water partition coefficient (Wildman–Crippen LogP) is 3.87. The Morgan fingerprint density at radius 2 is 2.00 bits per heavy atom. The average Bonchev–Trinajstić information content (AvgIpc) is 3.13. The van der Waals surface area contributed by atoms with Gasteiger partial charge < -0.3 is 10.1 Å². The number of hydrogen-bond donors (Lipinski definition) is 1. The molecule has 7 heteroatoms. The maximum Gasteiger partial charge on any atom is 0.317 e. The molecule has 5 nitrogen and oxygen atoms in total. The topological polar surface area (TPSA) is 68.3 Å². The van der Waals surface area contributed by atoms with E-state index in [1.807, 2.05) is 0 Å². The van der Waals surface area contributed by atoms with Crippen LogP contribution in [0.15, 0.2) is 42.6 Å². The fourth-order valence-electron chi connectivity index (χ4n) is 3.31. The molecule has 0 spiro atoms. The molecule has 3 rings (SSSR count). The quantitative estimate of drug-likeness (QED) is 0.635. The van der Waals surface area contributed by atoms with Crippen LogP contribution in [0.4, 0.5) is 10.1 Å². The lowest BCUT2D eigenvalue weighted by Crippen LogP contribution is -2.36. The first-order valence-electron chi connectivity index (χ1n) is 8.35. The maximum absolute atomic E-state index is 13.6. The highest BCUT2D eigenvalue weighted by molar-refractivity contribution is 6.32. The number of amides is 1. The molecule has 1 amide bonds.